The number of aromatic nitrogens is 1. The van der Waals surface area contributed by atoms with Gasteiger partial charge in [0.15, 0.2) is 11.4 Å². The highest BCUT2D eigenvalue weighted by Gasteiger charge is 2.53. The number of anilines is 1. The number of amides is 2. The minimum Gasteiger partial charge on any atom is -0.377 e. The van der Waals surface area contributed by atoms with Crippen molar-refractivity contribution < 1.29 is 27.3 Å². The first-order chi connectivity index (χ1) is 22.6. The van der Waals surface area contributed by atoms with Crippen molar-refractivity contribution >= 4 is 33.5 Å². The third kappa shape index (κ3) is 6.58. The molecule has 2 fully saturated rings. The summed E-state index contributed by atoms with van der Waals surface area (Å²) in [4.78, 5) is 35.7. The number of nitrogens with one attached hydrogen (secondary N) is 1. The molecule has 1 saturated heterocycles. The number of hydrogen-bond donors (Lipinski definition) is 1. The van der Waals surface area contributed by atoms with Gasteiger partial charge in [-0.05, 0) is 62.8 Å². The lowest BCUT2D eigenvalue weighted by molar-refractivity contribution is -0.133. The van der Waals surface area contributed by atoms with Crippen molar-refractivity contribution in [3.63, 3.8) is 0 Å². The van der Waals surface area contributed by atoms with Crippen LogP contribution in [0.3, 0.4) is 0 Å². The molecule has 12 heteroatoms. The van der Waals surface area contributed by atoms with Gasteiger partial charge in [-0.2, -0.15) is 0 Å². The van der Waals surface area contributed by atoms with Crippen LogP contribution in [0.25, 0.3) is 11.1 Å². The van der Waals surface area contributed by atoms with E-state index in [0.717, 1.165) is 42.6 Å². The summed E-state index contributed by atoms with van der Waals surface area (Å²) in [5.41, 5.74) is 2.62. The summed E-state index contributed by atoms with van der Waals surface area (Å²) in [5.74, 6) is 1.67. The lowest BCUT2D eigenvalue weighted by atomic mass is 9.96. The Bertz CT molecular complexity index is 1810. The maximum absolute atomic E-state index is 14.1. The molecule has 6 rings (SSSR count). The van der Waals surface area contributed by atoms with E-state index >= 15 is 0 Å². The molecule has 3 aliphatic rings. The fourth-order valence-electron chi connectivity index (χ4n) is 6.39. The smallest absolute Gasteiger partial charge is 0.263 e. The van der Waals surface area contributed by atoms with Crippen LogP contribution >= 0.6 is 0 Å². The molecule has 3 aromatic rings. The largest absolute Gasteiger partial charge is 0.377 e. The molecular weight excluding hydrogens is 618 g/mol. The molecule has 0 bridgehead atoms. The van der Waals surface area contributed by atoms with Crippen molar-refractivity contribution in [2.45, 2.75) is 89.8 Å². The number of aliphatic imine (C=N–C) groups is 1. The monoisotopic (exact) mass is 661 g/mol. The molecule has 1 aromatic heterocycles. The number of carbonyl (C=O) groups is 2. The molecule has 3 heterocycles. The Morgan fingerprint density at radius 2 is 1.91 bits per heavy atom. The van der Waals surface area contributed by atoms with Crippen LogP contribution in [-0.4, -0.2) is 66.3 Å². The zero-order valence-corrected chi connectivity index (χ0v) is 28.4. The first kappa shape index (κ1) is 32.9. The molecule has 1 N–H and O–H groups in total. The average molecular weight is 662 g/mol. The molecule has 1 aliphatic carbocycles. The fraction of sp³-hybridized carbons (Fsp3) is 0.486. The minimum atomic E-state index is -4.03. The highest BCUT2D eigenvalue weighted by Crippen LogP contribution is 2.39. The zero-order chi connectivity index (χ0) is 33.3. The molecule has 2 aromatic carbocycles. The highest BCUT2D eigenvalue weighted by atomic mass is 32.2. The van der Waals surface area contributed by atoms with Gasteiger partial charge in [-0.25, -0.2) is 8.42 Å². The summed E-state index contributed by atoms with van der Waals surface area (Å²) in [5, 5.41) is 3.88. The average Bonchev–Trinajstić information content (AvgIpc) is 3.70. The standard InChI is InChI=1S/C35H43N5O6S/c1-5-7-12-31-36-35(17-18-39(22-35)33(41)26-14-15-26)34(42)40(31)20-25-13-16-28(27(19-25)21-45-6-2)29-10-8-9-11-30(29)47(43,44)38-32-23(3)24(4)46-37-32/h8-11,13,16,19,26H,5-7,12,14-15,17-18,20-22H2,1-4H3,(H,37,38)/t35-/m0/s1. The van der Waals surface area contributed by atoms with Gasteiger partial charge >= 0.3 is 0 Å². The number of unbranched alkanes of at least 4 members (excludes halogenated alkanes) is 1. The van der Waals surface area contributed by atoms with Gasteiger partial charge in [0.2, 0.25) is 5.91 Å². The van der Waals surface area contributed by atoms with Crippen molar-refractivity contribution in [2.24, 2.45) is 10.9 Å². The second-order valence-electron chi connectivity index (χ2n) is 12.8. The predicted octanol–water partition coefficient (Wildman–Crippen LogP) is 5.61. The van der Waals surface area contributed by atoms with Crippen LogP contribution in [0.4, 0.5) is 5.82 Å². The maximum atomic E-state index is 14.1. The number of ether oxygens (including phenoxy) is 1. The van der Waals surface area contributed by atoms with Crippen LogP contribution in [0.15, 0.2) is 56.9 Å². The first-order valence-corrected chi connectivity index (χ1v) is 18.0. The molecule has 1 spiro atoms. The van der Waals surface area contributed by atoms with Crippen LogP contribution in [0.2, 0.25) is 0 Å². The molecule has 2 amide bonds. The van der Waals surface area contributed by atoms with Gasteiger partial charge in [-0.3, -0.25) is 24.2 Å². The van der Waals surface area contributed by atoms with E-state index in [4.69, 9.17) is 14.3 Å². The van der Waals surface area contributed by atoms with E-state index in [2.05, 4.69) is 16.8 Å². The first-order valence-electron chi connectivity index (χ1n) is 16.5. The Balaban J connectivity index is 1.30. The zero-order valence-electron chi connectivity index (χ0n) is 27.5. The van der Waals surface area contributed by atoms with Gasteiger partial charge in [0.25, 0.3) is 15.9 Å². The Hall–Kier alpha value is -4.03. The minimum absolute atomic E-state index is 0.0500. The Morgan fingerprint density at radius 1 is 1.13 bits per heavy atom. The second-order valence-corrected chi connectivity index (χ2v) is 14.4. The van der Waals surface area contributed by atoms with Crippen LogP contribution in [0.5, 0.6) is 0 Å². The van der Waals surface area contributed by atoms with Gasteiger partial charge < -0.3 is 14.2 Å². The number of sulfonamides is 1. The van der Waals surface area contributed by atoms with Gasteiger partial charge in [-0.15, -0.1) is 0 Å². The van der Waals surface area contributed by atoms with Crippen molar-refractivity contribution in [2.75, 3.05) is 24.4 Å². The molecule has 1 atom stereocenters. The van der Waals surface area contributed by atoms with Gasteiger partial charge in [0.05, 0.1) is 24.6 Å². The Morgan fingerprint density at radius 3 is 2.62 bits per heavy atom. The van der Waals surface area contributed by atoms with Crippen LogP contribution in [0.1, 0.15) is 74.8 Å². The van der Waals surface area contributed by atoms with Crippen molar-refractivity contribution in [3.05, 3.63) is 64.9 Å². The number of hydrogen-bond acceptors (Lipinski definition) is 8. The van der Waals surface area contributed by atoms with E-state index in [-0.39, 0.29) is 35.1 Å². The molecule has 0 radical (unpaired) electrons. The van der Waals surface area contributed by atoms with Gasteiger partial charge in [-0.1, -0.05) is 54.9 Å². The number of aryl methyl sites for hydroxylation is 1. The van der Waals surface area contributed by atoms with Crippen molar-refractivity contribution in [1.82, 2.24) is 15.0 Å². The summed E-state index contributed by atoms with van der Waals surface area (Å²) in [6.45, 7) is 9.45. The third-order valence-electron chi connectivity index (χ3n) is 9.36. The number of benzene rings is 2. The van der Waals surface area contributed by atoms with E-state index in [1.807, 2.05) is 30.0 Å². The number of carbonyl (C=O) groups excluding carboxylic acids is 2. The summed E-state index contributed by atoms with van der Waals surface area (Å²) in [6, 6.07) is 12.6. The van der Waals surface area contributed by atoms with Gasteiger partial charge in [0, 0.05) is 43.0 Å². The number of nitrogens with zero attached hydrogens (tertiary/aromatic N) is 4. The van der Waals surface area contributed by atoms with E-state index < -0.39 is 15.6 Å². The van der Waals surface area contributed by atoms with Crippen molar-refractivity contribution in [1.29, 1.82) is 0 Å². The fourth-order valence-corrected chi connectivity index (χ4v) is 7.67. The quantitative estimate of drug-likeness (QED) is 0.252. The van der Waals surface area contributed by atoms with E-state index in [1.165, 1.54) is 0 Å². The van der Waals surface area contributed by atoms with Gasteiger partial charge in [0.1, 0.15) is 11.6 Å². The normalized spacial score (nSPS) is 19.6. The van der Waals surface area contributed by atoms with E-state index in [1.54, 1.807) is 43.0 Å². The Labute approximate surface area is 276 Å². The summed E-state index contributed by atoms with van der Waals surface area (Å²) >= 11 is 0. The van der Waals surface area contributed by atoms with E-state index in [0.29, 0.717) is 61.5 Å². The molecule has 11 nitrogen and oxygen atoms in total. The predicted molar refractivity (Wildman–Crippen MR) is 178 cm³/mol. The summed E-state index contributed by atoms with van der Waals surface area (Å²) in [7, 11) is -4.03. The molecule has 2 aliphatic heterocycles. The summed E-state index contributed by atoms with van der Waals surface area (Å²) in [6.07, 6.45) is 4.97. The summed E-state index contributed by atoms with van der Waals surface area (Å²) < 4.78 is 40.9. The third-order valence-corrected chi connectivity index (χ3v) is 10.8. The number of rotatable bonds is 13. The lowest BCUT2D eigenvalue weighted by Crippen LogP contribution is -2.45. The topological polar surface area (TPSA) is 134 Å². The number of likely N-dealkylation sites (tertiary alicyclic amines) is 1. The molecular formula is C35H43N5O6S. The number of amidine groups is 1. The van der Waals surface area contributed by atoms with Crippen LogP contribution in [-0.2, 0) is 37.5 Å². The second kappa shape index (κ2) is 13.2. The highest BCUT2D eigenvalue weighted by molar-refractivity contribution is 7.92. The molecule has 47 heavy (non-hydrogen) atoms. The molecule has 1 saturated carbocycles. The molecule has 250 valence electrons. The lowest BCUT2D eigenvalue weighted by Gasteiger charge is -2.24. The van der Waals surface area contributed by atoms with E-state index in [9.17, 15) is 18.0 Å². The van der Waals surface area contributed by atoms with Crippen molar-refractivity contribution in [3.8, 4) is 11.1 Å². The van der Waals surface area contributed by atoms with Crippen LogP contribution < -0.4 is 4.72 Å². The Kier molecular flexibility index (Phi) is 9.26. The SMILES string of the molecule is CCCCC1=N[C@]2(CCN(C(=O)C3CC3)C2)C(=O)N1Cc1ccc(-c2ccccc2S(=O)(=O)Nc2noc(C)c2C)c(COCC)c1. The maximum Gasteiger partial charge on any atom is 0.263 e. The van der Waals surface area contributed by atoms with Crippen LogP contribution in [0, 0.1) is 19.8 Å². The molecule has 0 unspecified atom stereocenters.